The van der Waals surface area contributed by atoms with E-state index >= 15 is 0 Å². The lowest BCUT2D eigenvalue weighted by Gasteiger charge is -2.52. The molecular formula is C8H11O2. The minimum Gasteiger partial charge on any atom is -0.481 e. The molecule has 2 nitrogen and oxygen atoms in total. The molecule has 0 amide bonds. The maximum atomic E-state index is 10.4. The van der Waals surface area contributed by atoms with Crippen LogP contribution in [-0.4, -0.2) is 11.1 Å². The molecule has 55 valence electrons. The predicted molar refractivity (Wildman–Crippen MR) is 36.3 cm³/mol. The van der Waals surface area contributed by atoms with Crippen molar-refractivity contribution < 1.29 is 9.90 Å². The van der Waals surface area contributed by atoms with Crippen molar-refractivity contribution >= 4 is 5.97 Å². The summed E-state index contributed by atoms with van der Waals surface area (Å²) in [5.74, 6) is -0.766. The molecule has 0 saturated heterocycles. The number of aliphatic carboxylic acids is 1. The summed E-state index contributed by atoms with van der Waals surface area (Å²) in [5.41, 5.74) is 0.392. The first-order chi connectivity index (χ1) is 4.72. The van der Waals surface area contributed by atoms with Crippen LogP contribution < -0.4 is 0 Å². The third kappa shape index (κ3) is 0.678. The fraction of sp³-hybridized carbons (Fsp3) is 0.750. The molecule has 1 spiro atoms. The predicted octanol–water partition coefficient (Wildman–Crippen LogP) is 1.47. The molecule has 0 aliphatic heterocycles. The van der Waals surface area contributed by atoms with Crippen LogP contribution in [0.4, 0.5) is 0 Å². The molecule has 0 aromatic carbocycles. The summed E-state index contributed by atoms with van der Waals surface area (Å²) in [4.78, 5) is 10.4. The van der Waals surface area contributed by atoms with E-state index in [2.05, 4.69) is 0 Å². The second-order valence-electron chi connectivity index (χ2n) is 3.53. The largest absolute Gasteiger partial charge is 0.481 e. The Morgan fingerprint density at radius 2 is 2.20 bits per heavy atom. The number of carboxylic acids is 1. The molecule has 2 fully saturated rings. The normalized spacial score (nSPS) is 29.2. The van der Waals surface area contributed by atoms with E-state index in [-0.39, 0.29) is 5.92 Å². The van der Waals surface area contributed by atoms with E-state index in [9.17, 15) is 4.79 Å². The van der Waals surface area contributed by atoms with Crippen LogP contribution in [-0.2, 0) is 4.79 Å². The summed E-state index contributed by atoms with van der Waals surface area (Å²) in [5, 5.41) is 8.55. The van der Waals surface area contributed by atoms with Gasteiger partial charge < -0.3 is 5.11 Å². The average molecular weight is 139 g/mol. The fourth-order valence-electron chi connectivity index (χ4n) is 1.99. The van der Waals surface area contributed by atoms with Gasteiger partial charge in [-0.1, -0.05) is 6.42 Å². The molecule has 2 heteroatoms. The molecule has 1 atom stereocenters. The highest BCUT2D eigenvalue weighted by Crippen LogP contribution is 2.57. The Morgan fingerprint density at radius 1 is 1.60 bits per heavy atom. The number of rotatable bonds is 1. The molecule has 2 aliphatic rings. The summed E-state index contributed by atoms with van der Waals surface area (Å²) in [6.07, 6.45) is 6.69. The van der Waals surface area contributed by atoms with Crippen LogP contribution in [0.25, 0.3) is 0 Å². The van der Waals surface area contributed by atoms with Gasteiger partial charge in [-0.2, -0.15) is 0 Å². The molecule has 2 saturated carbocycles. The van der Waals surface area contributed by atoms with Crippen molar-refractivity contribution in [3.8, 4) is 0 Å². The van der Waals surface area contributed by atoms with Gasteiger partial charge in [0.05, 0.1) is 5.92 Å². The fourth-order valence-corrected chi connectivity index (χ4v) is 1.99. The number of hydrogen-bond donors (Lipinski definition) is 1. The molecule has 2 aliphatic carbocycles. The summed E-state index contributed by atoms with van der Waals surface area (Å²) < 4.78 is 0. The average Bonchev–Trinajstić information content (AvgIpc) is 1.54. The zero-order chi connectivity index (χ0) is 7.19. The van der Waals surface area contributed by atoms with E-state index in [1.54, 1.807) is 0 Å². The van der Waals surface area contributed by atoms with Gasteiger partial charge in [-0.3, -0.25) is 4.79 Å². The molecule has 0 bridgehead atoms. The first-order valence-electron chi connectivity index (χ1n) is 3.81. The quantitative estimate of drug-likeness (QED) is 0.597. The van der Waals surface area contributed by atoms with E-state index in [0.29, 0.717) is 5.41 Å². The van der Waals surface area contributed by atoms with Crippen molar-refractivity contribution in [3.63, 3.8) is 0 Å². The van der Waals surface area contributed by atoms with Crippen molar-refractivity contribution in [2.75, 3.05) is 0 Å². The maximum Gasteiger partial charge on any atom is 0.306 e. The summed E-state index contributed by atoms with van der Waals surface area (Å²) in [6, 6.07) is 0. The minimum absolute atomic E-state index is 0.125. The molecule has 2 rings (SSSR count). The van der Waals surface area contributed by atoms with E-state index in [4.69, 9.17) is 5.11 Å². The van der Waals surface area contributed by atoms with Gasteiger partial charge in [0.15, 0.2) is 0 Å². The SMILES string of the molecule is O=C(O)C1[CH]C2(CCC2)C1. The van der Waals surface area contributed by atoms with Crippen LogP contribution in [0.2, 0.25) is 0 Å². The van der Waals surface area contributed by atoms with Crippen LogP contribution >= 0.6 is 0 Å². The summed E-state index contributed by atoms with van der Waals surface area (Å²) in [6.45, 7) is 0. The van der Waals surface area contributed by atoms with Gasteiger partial charge >= 0.3 is 5.97 Å². The number of carbonyl (C=O) groups is 1. The van der Waals surface area contributed by atoms with Crippen LogP contribution in [0.1, 0.15) is 25.7 Å². The van der Waals surface area contributed by atoms with Crippen molar-refractivity contribution in [1.82, 2.24) is 0 Å². The molecule has 1 unspecified atom stereocenters. The van der Waals surface area contributed by atoms with Gasteiger partial charge in [0.1, 0.15) is 0 Å². The van der Waals surface area contributed by atoms with Gasteiger partial charge in [-0.25, -0.2) is 0 Å². The Labute approximate surface area is 60.2 Å². The van der Waals surface area contributed by atoms with Crippen LogP contribution in [0.5, 0.6) is 0 Å². The molecule has 0 aromatic heterocycles. The van der Waals surface area contributed by atoms with Crippen LogP contribution in [0.3, 0.4) is 0 Å². The Hall–Kier alpha value is -0.530. The minimum atomic E-state index is -0.641. The molecule has 0 heterocycles. The highest BCUT2D eigenvalue weighted by Gasteiger charge is 2.50. The van der Waals surface area contributed by atoms with Gasteiger partial charge in [0.2, 0.25) is 0 Å². The zero-order valence-corrected chi connectivity index (χ0v) is 5.84. The molecular weight excluding hydrogens is 128 g/mol. The van der Waals surface area contributed by atoms with Gasteiger partial charge in [-0.05, 0) is 31.1 Å². The zero-order valence-electron chi connectivity index (χ0n) is 5.84. The third-order valence-electron chi connectivity index (χ3n) is 2.85. The Kier molecular flexibility index (Phi) is 1.08. The first-order valence-corrected chi connectivity index (χ1v) is 3.81. The van der Waals surface area contributed by atoms with Gasteiger partial charge in [-0.15, -0.1) is 0 Å². The Morgan fingerprint density at radius 3 is 2.50 bits per heavy atom. The second kappa shape index (κ2) is 1.74. The lowest BCUT2D eigenvalue weighted by atomic mass is 9.52. The standard InChI is InChI=1S/C8H11O2/c9-7(10)6-4-8(5-6)2-1-3-8/h4,6H,1-3,5H2,(H,9,10). The van der Waals surface area contributed by atoms with Crippen molar-refractivity contribution in [1.29, 1.82) is 0 Å². The summed E-state index contributed by atoms with van der Waals surface area (Å²) >= 11 is 0. The highest BCUT2D eigenvalue weighted by molar-refractivity contribution is 5.73. The van der Waals surface area contributed by atoms with E-state index in [1.165, 1.54) is 19.3 Å². The summed E-state index contributed by atoms with van der Waals surface area (Å²) in [7, 11) is 0. The highest BCUT2D eigenvalue weighted by atomic mass is 16.4. The maximum absolute atomic E-state index is 10.4. The topological polar surface area (TPSA) is 37.3 Å². The first kappa shape index (κ1) is 6.20. The number of carboxylic acid groups (broad SMARTS) is 1. The molecule has 1 radical (unpaired) electrons. The van der Waals surface area contributed by atoms with Gasteiger partial charge in [0.25, 0.3) is 0 Å². The van der Waals surface area contributed by atoms with E-state index in [0.717, 1.165) is 6.42 Å². The lowest BCUT2D eigenvalue weighted by Crippen LogP contribution is -2.46. The van der Waals surface area contributed by atoms with Gasteiger partial charge in [0, 0.05) is 0 Å². The Bertz CT molecular complexity index is 162. The van der Waals surface area contributed by atoms with Crippen molar-refractivity contribution in [2.45, 2.75) is 25.7 Å². The van der Waals surface area contributed by atoms with Crippen molar-refractivity contribution in [2.24, 2.45) is 11.3 Å². The van der Waals surface area contributed by atoms with E-state index in [1.807, 2.05) is 6.42 Å². The van der Waals surface area contributed by atoms with Crippen molar-refractivity contribution in [3.05, 3.63) is 6.42 Å². The number of hydrogen-bond acceptors (Lipinski definition) is 1. The lowest BCUT2D eigenvalue weighted by molar-refractivity contribution is -0.147. The van der Waals surface area contributed by atoms with E-state index < -0.39 is 5.97 Å². The molecule has 0 aromatic rings. The monoisotopic (exact) mass is 139 g/mol. The second-order valence-corrected chi connectivity index (χ2v) is 3.53. The molecule has 1 N–H and O–H groups in total. The smallest absolute Gasteiger partial charge is 0.306 e. The Balaban J connectivity index is 1.88. The van der Waals surface area contributed by atoms with Crippen LogP contribution in [0, 0.1) is 17.8 Å². The molecule has 10 heavy (non-hydrogen) atoms. The van der Waals surface area contributed by atoms with Crippen LogP contribution in [0.15, 0.2) is 0 Å². The third-order valence-corrected chi connectivity index (χ3v) is 2.85.